The van der Waals surface area contributed by atoms with Crippen LogP contribution in [0.15, 0.2) is 29.4 Å². The first kappa shape index (κ1) is 18.3. The van der Waals surface area contributed by atoms with Crippen molar-refractivity contribution in [3.8, 4) is 5.75 Å². The lowest BCUT2D eigenvalue weighted by Gasteiger charge is -2.32. The number of carbonyl (C=O) groups is 1. The fourth-order valence-corrected chi connectivity index (χ4v) is 2.43. The SMILES string of the molecule is CCCCC1=NN(C(=O)c2ccc(OC)cc2)[C@@](O)(C(F)(F)F)C1. The van der Waals surface area contributed by atoms with E-state index in [0.717, 1.165) is 6.42 Å². The molecule has 0 fully saturated rings. The first-order valence-electron chi connectivity index (χ1n) is 7.57. The summed E-state index contributed by atoms with van der Waals surface area (Å²) in [6, 6.07) is 5.57. The van der Waals surface area contributed by atoms with Crippen LogP contribution < -0.4 is 4.74 Å². The second-order valence-electron chi connectivity index (χ2n) is 5.61. The first-order chi connectivity index (χ1) is 11.2. The summed E-state index contributed by atoms with van der Waals surface area (Å²) in [5.41, 5.74) is -3.16. The number of halogens is 3. The average molecular weight is 344 g/mol. The van der Waals surface area contributed by atoms with Crippen LogP contribution in [-0.4, -0.2) is 40.7 Å². The Bertz CT molecular complexity index is 628. The Balaban J connectivity index is 2.33. The number of benzene rings is 1. The molecule has 24 heavy (non-hydrogen) atoms. The molecule has 1 heterocycles. The van der Waals surface area contributed by atoms with Gasteiger partial charge < -0.3 is 9.84 Å². The van der Waals surface area contributed by atoms with Gasteiger partial charge >= 0.3 is 6.18 Å². The van der Waals surface area contributed by atoms with Crippen LogP contribution in [0.1, 0.15) is 43.0 Å². The van der Waals surface area contributed by atoms with Crippen molar-refractivity contribution in [2.45, 2.75) is 44.5 Å². The molecular formula is C16H19F3N2O3. The Morgan fingerprint density at radius 2 is 2.00 bits per heavy atom. The summed E-state index contributed by atoms with van der Waals surface area (Å²) in [6.07, 6.45) is -4.01. The number of methoxy groups -OCH3 is 1. The minimum absolute atomic E-state index is 0.0148. The number of hydrazone groups is 1. The van der Waals surface area contributed by atoms with Crippen LogP contribution >= 0.6 is 0 Å². The van der Waals surface area contributed by atoms with Crippen molar-refractivity contribution < 1.29 is 27.8 Å². The number of alkyl halides is 3. The second-order valence-corrected chi connectivity index (χ2v) is 5.61. The summed E-state index contributed by atoms with van der Waals surface area (Å²) < 4.78 is 45.0. The molecule has 8 heteroatoms. The van der Waals surface area contributed by atoms with E-state index in [0.29, 0.717) is 18.6 Å². The van der Waals surface area contributed by atoms with E-state index in [9.17, 15) is 23.1 Å². The van der Waals surface area contributed by atoms with Gasteiger partial charge in [0, 0.05) is 17.7 Å². The molecule has 2 rings (SSSR count). The minimum Gasteiger partial charge on any atom is -0.497 e. The van der Waals surface area contributed by atoms with Crippen LogP contribution in [0.2, 0.25) is 0 Å². The summed E-state index contributed by atoms with van der Waals surface area (Å²) in [6.45, 7) is 1.89. The molecular weight excluding hydrogens is 325 g/mol. The lowest BCUT2D eigenvalue weighted by atomic mass is 10.0. The number of rotatable bonds is 5. The van der Waals surface area contributed by atoms with E-state index in [1.807, 2.05) is 6.92 Å². The molecule has 0 saturated carbocycles. The van der Waals surface area contributed by atoms with Gasteiger partial charge in [0.2, 0.25) is 0 Å². The van der Waals surface area contributed by atoms with Gasteiger partial charge in [-0.2, -0.15) is 23.3 Å². The third-order valence-corrected chi connectivity index (χ3v) is 3.84. The van der Waals surface area contributed by atoms with Gasteiger partial charge in [0.1, 0.15) is 5.75 Å². The minimum atomic E-state index is -5.01. The molecule has 1 aliphatic rings. The largest absolute Gasteiger partial charge is 0.497 e. The van der Waals surface area contributed by atoms with Gasteiger partial charge in [-0.3, -0.25) is 4.79 Å². The Kier molecular flexibility index (Phi) is 5.17. The van der Waals surface area contributed by atoms with Crippen molar-refractivity contribution in [3.05, 3.63) is 29.8 Å². The molecule has 132 valence electrons. The predicted molar refractivity (Wildman–Crippen MR) is 81.7 cm³/mol. The second kappa shape index (κ2) is 6.80. The molecule has 1 atom stereocenters. The van der Waals surface area contributed by atoms with E-state index >= 15 is 0 Å². The van der Waals surface area contributed by atoms with Crippen molar-refractivity contribution in [1.29, 1.82) is 0 Å². The van der Waals surface area contributed by atoms with Crippen LogP contribution in [0.4, 0.5) is 13.2 Å². The van der Waals surface area contributed by atoms with E-state index in [1.54, 1.807) is 0 Å². The fourth-order valence-electron chi connectivity index (χ4n) is 2.43. The number of ether oxygens (including phenoxy) is 1. The van der Waals surface area contributed by atoms with E-state index < -0.39 is 24.2 Å². The topological polar surface area (TPSA) is 62.1 Å². The molecule has 1 N–H and O–H groups in total. The number of hydrogen-bond acceptors (Lipinski definition) is 4. The normalized spacial score (nSPS) is 20.9. The molecule has 1 aromatic rings. The van der Waals surface area contributed by atoms with Gasteiger partial charge in [-0.25, -0.2) is 0 Å². The van der Waals surface area contributed by atoms with Crippen molar-refractivity contribution in [2.75, 3.05) is 7.11 Å². The maximum Gasteiger partial charge on any atom is 0.438 e. The van der Waals surface area contributed by atoms with E-state index in [4.69, 9.17) is 4.74 Å². The number of carbonyl (C=O) groups excluding carboxylic acids is 1. The van der Waals surface area contributed by atoms with Crippen LogP contribution in [-0.2, 0) is 0 Å². The monoisotopic (exact) mass is 344 g/mol. The highest BCUT2D eigenvalue weighted by atomic mass is 19.4. The Morgan fingerprint density at radius 1 is 1.38 bits per heavy atom. The Hall–Kier alpha value is -2.09. The van der Waals surface area contributed by atoms with Crippen LogP contribution in [0.5, 0.6) is 5.75 Å². The Labute approximate surface area is 137 Å². The lowest BCUT2D eigenvalue weighted by Crippen LogP contribution is -2.56. The standard InChI is InChI=1S/C16H19F3N2O3/c1-3-4-5-12-10-15(23,16(17,18)19)21(20-12)14(22)11-6-8-13(24-2)9-7-11/h6-9,23H,3-5,10H2,1-2H3/t15-/m0/s1. The zero-order valence-corrected chi connectivity index (χ0v) is 13.4. The molecule has 0 bridgehead atoms. The summed E-state index contributed by atoms with van der Waals surface area (Å²) >= 11 is 0. The maximum atomic E-state index is 13.3. The molecule has 0 unspecified atom stereocenters. The van der Waals surface area contributed by atoms with E-state index in [-0.39, 0.29) is 16.3 Å². The Morgan fingerprint density at radius 3 is 2.50 bits per heavy atom. The zero-order chi connectivity index (χ0) is 18.0. The number of aliphatic hydroxyl groups is 1. The van der Waals surface area contributed by atoms with E-state index in [2.05, 4.69) is 5.10 Å². The average Bonchev–Trinajstić information content (AvgIpc) is 2.90. The molecule has 0 spiro atoms. The number of hydrogen-bond donors (Lipinski definition) is 1. The van der Waals surface area contributed by atoms with Crippen molar-refractivity contribution >= 4 is 11.6 Å². The fraction of sp³-hybridized carbons (Fsp3) is 0.500. The van der Waals surface area contributed by atoms with Gasteiger partial charge in [-0.05, 0) is 37.1 Å². The molecule has 0 aromatic heterocycles. The first-order valence-corrected chi connectivity index (χ1v) is 7.57. The molecule has 0 saturated heterocycles. The van der Waals surface area contributed by atoms with Crippen LogP contribution in [0.3, 0.4) is 0 Å². The van der Waals surface area contributed by atoms with Crippen molar-refractivity contribution in [1.82, 2.24) is 5.01 Å². The van der Waals surface area contributed by atoms with Crippen LogP contribution in [0, 0.1) is 0 Å². The van der Waals surface area contributed by atoms with Crippen LogP contribution in [0.25, 0.3) is 0 Å². The molecule has 0 radical (unpaired) electrons. The van der Waals surface area contributed by atoms with Crippen molar-refractivity contribution in [2.24, 2.45) is 5.10 Å². The highest BCUT2D eigenvalue weighted by Crippen LogP contribution is 2.41. The summed E-state index contributed by atoms with van der Waals surface area (Å²) in [4.78, 5) is 12.4. The molecule has 5 nitrogen and oxygen atoms in total. The third-order valence-electron chi connectivity index (χ3n) is 3.84. The maximum absolute atomic E-state index is 13.3. The highest BCUT2D eigenvalue weighted by Gasteiger charge is 2.63. The quantitative estimate of drug-likeness (QED) is 0.891. The number of amides is 1. The van der Waals surface area contributed by atoms with Crippen molar-refractivity contribution in [3.63, 3.8) is 0 Å². The third kappa shape index (κ3) is 3.38. The van der Waals surface area contributed by atoms with E-state index in [1.165, 1.54) is 31.4 Å². The molecule has 1 aliphatic heterocycles. The zero-order valence-electron chi connectivity index (χ0n) is 13.4. The smallest absolute Gasteiger partial charge is 0.438 e. The lowest BCUT2D eigenvalue weighted by molar-refractivity contribution is -0.297. The van der Waals surface area contributed by atoms with Gasteiger partial charge in [-0.15, -0.1) is 0 Å². The summed E-state index contributed by atoms with van der Waals surface area (Å²) in [7, 11) is 1.43. The molecule has 1 amide bonds. The molecule has 0 aliphatic carbocycles. The highest BCUT2D eigenvalue weighted by molar-refractivity contribution is 5.98. The van der Waals surface area contributed by atoms with Gasteiger partial charge in [0.25, 0.3) is 11.6 Å². The molecule has 1 aromatic carbocycles. The number of nitrogens with zero attached hydrogens (tertiary/aromatic N) is 2. The summed E-state index contributed by atoms with van der Waals surface area (Å²) in [5.74, 6) is -0.546. The van der Waals surface area contributed by atoms with Gasteiger partial charge in [0.05, 0.1) is 7.11 Å². The summed E-state index contributed by atoms with van der Waals surface area (Å²) in [5, 5.41) is 14.0. The number of unbranched alkanes of at least 4 members (excludes halogenated alkanes) is 1. The predicted octanol–water partition coefficient (Wildman–Crippen LogP) is 3.34. The van der Waals surface area contributed by atoms with Gasteiger partial charge in [0.15, 0.2) is 0 Å². The van der Waals surface area contributed by atoms with Gasteiger partial charge in [-0.1, -0.05) is 13.3 Å².